The van der Waals surface area contributed by atoms with Crippen LogP contribution in [0.5, 0.6) is 0 Å². The molecule has 0 bridgehead atoms. The van der Waals surface area contributed by atoms with Crippen LogP contribution in [0.25, 0.3) is 99.5 Å². The molecule has 0 radical (unpaired) electrons. The van der Waals surface area contributed by atoms with Crippen molar-refractivity contribution in [2.75, 3.05) is 9.80 Å². The molecule has 13 aromatic carbocycles. The molecule has 2 aliphatic heterocycles. The first-order valence-corrected chi connectivity index (χ1v) is 37.2. The van der Waals surface area contributed by atoms with E-state index in [4.69, 9.17) is 0 Å². The molecule has 0 atom stereocenters. The highest BCUT2D eigenvalue weighted by molar-refractivity contribution is 7.00. The van der Waals surface area contributed by atoms with Gasteiger partial charge in [0, 0.05) is 77.9 Å². The number of fused-ring (bicyclic) bond motifs is 10. The summed E-state index contributed by atoms with van der Waals surface area (Å²) in [5.74, 6) is 1.87. The molecule has 0 amide bonds. The minimum absolute atomic E-state index is 0.179. The molecule has 500 valence electrons. The van der Waals surface area contributed by atoms with Crippen LogP contribution in [0.4, 0.5) is 34.1 Å². The molecule has 0 spiro atoms. The molecule has 0 unspecified atom stereocenters. The monoisotopic (exact) mass is 1320 g/mol. The van der Waals surface area contributed by atoms with Crippen molar-refractivity contribution in [3.05, 3.63) is 308 Å². The molecule has 17 rings (SSSR count). The van der Waals surface area contributed by atoms with E-state index in [-0.39, 0.29) is 17.5 Å². The number of hydrogen-bond donors (Lipinski definition) is 0. The first-order chi connectivity index (χ1) is 49.6. The van der Waals surface area contributed by atoms with Gasteiger partial charge in [0.1, 0.15) is 0 Å². The Morgan fingerprint density at radius 2 is 0.637 bits per heavy atom. The summed E-state index contributed by atoms with van der Waals surface area (Å²) >= 11 is 0. The average Bonchev–Trinajstić information content (AvgIpc) is 1.64. The molecular formula is C97H89BN4. The Balaban J connectivity index is 1.05. The van der Waals surface area contributed by atoms with Gasteiger partial charge in [-0.1, -0.05) is 282 Å². The molecule has 0 N–H and O–H groups in total. The highest BCUT2D eigenvalue weighted by Crippen LogP contribution is 2.55. The fraction of sp³-hybridized carbons (Fsp3) is 0.196. The highest BCUT2D eigenvalue weighted by atomic mass is 15.2. The van der Waals surface area contributed by atoms with Crippen LogP contribution in [0, 0.1) is 17.8 Å². The number of nitrogens with zero attached hydrogens (tertiary/aromatic N) is 4. The van der Waals surface area contributed by atoms with Crippen LogP contribution in [0.1, 0.15) is 105 Å². The van der Waals surface area contributed by atoms with Gasteiger partial charge in [-0.15, -0.1) is 0 Å². The van der Waals surface area contributed by atoms with Crippen molar-refractivity contribution in [1.82, 2.24) is 9.13 Å². The van der Waals surface area contributed by atoms with Gasteiger partial charge in [-0.3, -0.25) is 0 Å². The number of unbranched alkanes of at least 4 members (excludes halogenated alkanes) is 1. The minimum atomic E-state index is -0.206. The summed E-state index contributed by atoms with van der Waals surface area (Å²) < 4.78 is 5.04. The number of aromatic nitrogens is 2. The third kappa shape index (κ3) is 11.1. The van der Waals surface area contributed by atoms with Crippen molar-refractivity contribution in [1.29, 1.82) is 0 Å². The summed E-state index contributed by atoms with van der Waals surface area (Å²) in [5.41, 5.74) is 30.9. The van der Waals surface area contributed by atoms with Crippen LogP contribution >= 0.6 is 0 Å². The van der Waals surface area contributed by atoms with E-state index in [1.54, 1.807) is 0 Å². The Bertz CT molecular complexity index is 5120. The van der Waals surface area contributed by atoms with Crippen molar-refractivity contribution in [3.63, 3.8) is 0 Å². The van der Waals surface area contributed by atoms with Crippen LogP contribution in [-0.4, -0.2) is 15.8 Å². The normalized spacial score (nSPS) is 13.0. The zero-order chi connectivity index (χ0) is 69.7. The SMILES string of the molecule is CC(C)C(CCCCc1cc2c3c(c1)N(c1c(-c4ccccc4)cc(C(C)(C)C)cc1-c1ccccc1)c1cc(-n4c5ccccc5c5ccccc54)ccc1B3c1ccc(-n3c4ccccc4c4ccccc43)cc1N2c1c(-c2ccccc2)cc(C(C)(C)C)cc1-c1ccccc1)C(C)C. The molecule has 102 heavy (non-hydrogen) atoms. The number of benzene rings is 13. The molecule has 0 aliphatic carbocycles. The van der Waals surface area contributed by atoms with E-state index >= 15 is 0 Å². The van der Waals surface area contributed by atoms with Crippen LogP contribution in [0.15, 0.2) is 291 Å². The van der Waals surface area contributed by atoms with Gasteiger partial charge in [0.25, 0.3) is 6.71 Å². The standard InChI is InChI=1S/C97H89BN4/c1-63(2)74(64(3)4)42-24-23-33-65-55-91-93-92(56-65)102(95-81(68-38-19-13-20-39-68)59-71(97(8,9)10)60-82(95)69-40-21-14-22-41-69)90-62-73(100-87-49-31-27-45-77(87)78-46-28-32-50-88(78)100)52-54-84(90)98(93)83-53-51-72(99-85-47-29-25-43-75(85)76-44-26-30-48-86(76)99)61-89(83)101(91)94-79(66-34-15-11-16-35-66)57-70(96(5,6)7)58-80(94)67-36-17-12-18-37-67/h11-22,25-32,34-41,43-64,74H,23-24,33,42H2,1-10H3. The van der Waals surface area contributed by atoms with E-state index in [1.807, 2.05) is 0 Å². The zero-order valence-electron chi connectivity index (χ0n) is 60.6. The van der Waals surface area contributed by atoms with Gasteiger partial charge in [0.15, 0.2) is 0 Å². The quantitative estimate of drug-likeness (QED) is 0.0751. The predicted octanol–water partition coefficient (Wildman–Crippen LogP) is 24.9. The molecule has 15 aromatic rings. The molecule has 0 fully saturated rings. The molecule has 0 saturated carbocycles. The lowest BCUT2D eigenvalue weighted by molar-refractivity contribution is 0.262. The van der Waals surface area contributed by atoms with E-state index in [0.29, 0.717) is 17.8 Å². The molecule has 4 heterocycles. The predicted molar refractivity (Wildman–Crippen MR) is 439 cm³/mol. The van der Waals surface area contributed by atoms with E-state index in [2.05, 4.69) is 379 Å². The molecule has 0 saturated heterocycles. The van der Waals surface area contributed by atoms with Crippen LogP contribution in [-0.2, 0) is 17.3 Å². The second-order valence-electron chi connectivity index (χ2n) is 31.6. The number of para-hydroxylation sites is 4. The fourth-order valence-electron chi connectivity index (χ4n) is 17.4. The van der Waals surface area contributed by atoms with Crippen molar-refractivity contribution < 1.29 is 0 Å². The first-order valence-electron chi connectivity index (χ1n) is 37.2. The Morgan fingerprint density at radius 1 is 0.324 bits per heavy atom. The largest absolute Gasteiger partial charge is 0.310 e. The Morgan fingerprint density at radius 3 is 0.951 bits per heavy atom. The summed E-state index contributed by atoms with van der Waals surface area (Å²) in [4.78, 5) is 5.54. The van der Waals surface area contributed by atoms with Gasteiger partial charge in [0.2, 0.25) is 0 Å². The number of hydrogen-bond acceptors (Lipinski definition) is 2. The second-order valence-corrected chi connectivity index (χ2v) is 31.6. The van der Waals surface area contributed by atoms with Crippen LogP contribution in [0.2, 0.25) is 0 Å². The van der Waals surface area contributed by atoms with E-state index in [1.165, 1.54) is 162 Å². The third-order valence-corrected chi connectivity index (χ3v) is 22.5. The van der Waals surface area contributed by atoms with Gasteiger partial charge in [-0.25, -0.2) is 0 Å². The lowest BCUT2D eigenvalue weighted by Crippen LogP contribution is -2.61. The Kier molecular flexibility index (Phi) is 16.2. The second kappa shape index (κ2) is 25.6. The van der Waals surface area contributed by atoms with Crippen LogP contribution < -0.4 is 26.2 Å². The minimum Gasteiger partial charge on any atom is -0.310 e. The maximum Gasteiger partial charge on any atom is 0.252 e. The topological polar surface area (TPSA) is 16.3 Å². The molecule has 5 heteroatoms. The summed E-state index contributed by atoms with van der Waals surface area (Å²) in [6, 6.07) is 111. The summed E-state index contributed by atoms with van der Waals surface area (Å²) in [5, 5.41) is 4.97. The molecule has 4 nitrogen and oxygen atoms in total. The summed E-state index contributed by atoms with van der Waals surface area (Å²) in [7, 11) is 0. The van der Waals surface area contributed by atoms with Gasteiger partial charge >= 0.3 is 0 Å². The Hall–Kier alpha value is -10.9. The lowest BCUT2D eigenvalue weighted by Gasteiger charge is -2.46. The summed E-state index contributed by atoms with van der Waals surface area (Å²) in [6.07, 6.45) is 4.33. The summed E-state index contributed by atoms with van der Waals surface area (Å²) in [6.45, 7) is 23.7. The fourth-order valence-corrected chi connectivity index (χ4v) is 17.4. The van der Waals surface area contributed by atoms with Crippen molar-refractivity contribution >= 4 is 101 Å². The molecule has 2 aromatic heterocycles. The van der Waals surface area contributed by atoms with Crippen molar-refractivity contribution in [2.24, 2.45) is 17.8 Å². The van der Waals surface area contributed by atoms with Gasteiger partial charge in [-0.2, -0.15) is 0 Å². The van der Waals surface area contributed by atoms with Gasteiger partial charge in [-0.05, 0) is 188 Å². The third-order valence-electron chi connectivity index (χ3n) is 22.5. The zero-order valence-corrected chi connectivity index (χ0v) is 60.6. The molecule has 2 aliphatic rings. The van der Waals surface area contributed by atoms with E-state index in [9.17, 15) is 0 Å². The van der Waals surface area contributed by atoms with E-state index < -0.39 is 0 Å². The van der Waals surface area contributed by atoms with Crippen molar-refractivity contribution in [2.45, 2.75) is 106 Å². The Labute approximate surface area is 603 Å². The van der Waals surface area contributed by atoms with E-state index in [0.717, 1.165) is 30.6 Å². The van der Waals surface area contributed by atoms with Crippen molar-refractivity contribution in [3.8, 4) is 55.9 Å². The smallest absolute Gasteiger partial charge is 0.252 e. The highest BCUT2D eigenvalue weighted by Gasteiger charge is 2.46. The average molecular weight is 1320 g/mol. The molecular weight excluding hydrogens is 1230 g/mol. The lowest BCUT2D eigenvalue weighted by atomic mass is 9.33. The number of rotatable bonds is 15. The number of anilines is 6. The van der Waals surface area contributed by atoms with Crippen LogP contribution in [0.3, 0.4) is 0 Å². The maximum absolute atomic E-state index is 2.77. The van der Waals surface area contributed by atoms with Gasteiger partial charge < -0.3 is 18.9 Å². The number of aryl methyl sites for hydroxylation is 1. The first kappa shape index (κ1) is 64.5. The van der Waals surface area contributed by atoms with Gasteiger partial charge in [0.05, 0.1) is 33.4 Å². The maximum atomic E-state index is 2.77.